The van der Waals surface area contributed by atoms with Gasteiger partial charge >= 0.3 is 0 Å². The molecule has 162 valence electrons. The normalized spacial score (nSPS) is 11.5. The molecule has 7 nitrogen and oxygen atoms in total. The Morgan fingerprint density at radius 2 is 2.07 bits per heavy atom. The lowest BCUT2D eigenvalue weighted by Crippen LogP contribution is -2.42. The van der Waals surface area contributed by atoms with E-state index in [0.29, 0.717) is 13.0 Å². The molecule has 0 aliphatic carbocycles. The molecule has 0 atom stereocenters. The number of nitrogens with one attached hydrogen (secondary N) is 3. The van der Waals surface area contributed by atoms with Crippen LogP contribution >= 0.6 is 23.6 Å². The highest BCUT2D eigenvalue weighted by Crippen LogP contribution is 2.25. The Morgan fingerprint density at radius 1 is 1.30 bits per heavy atom. The van der Waals surface area contributed by atoms with E-state index in [9.17, 15) is 13.2 Å². The number of sulfonamides is 1. The number of rotatable bonds is 9. The molecule has 2 rings (SSSR count). The number of hydrogen-bond acceptors (Lipinski definition) is 6. The number of carbonyl (C=O) groups is 1. The van der Waals surface area contributed by atoms with Crippen molar-refractivity contribution in [2.45, 2.75) is 31.2 Å². The van der Waals surface area contributed by atoms with Crippen LogP contribution in [0.2, 0.25) is 0 Å². The number of thiophene rings is 1. The topological polar surface area (TPSA) is 96.5 Å². The first-order valence-electron chi connectivity index (χ1n) is 9.21. The molecule has 1 aromatic carbocycles. The summed E-state index contributed by atoms with van der Waals surface area (Å²) >= 11 is 6.59. The third kappa shape index (κ3) is 7.43. The molecule has 0 radical (unpaired) electrons. The monoisotopic (exact) mass is 467 g/mol. The number of benzene rings is 1. The summed E-state index contributed by atoms with van der Waals surface area (Å²) in [6.45, 7) is 4.07. The Bertz CT molecular complexity index is 1000. The van der Waals surface area contributed by atoms with Gasteiger partial charge in [-0.1, -0.05) is 12.1 Å². The van der Waals surface area contributed by atoms with E-state index in [4.69, 9.17) is 17.0 Å². The van der Waals surface area contributed by atoms with Gasteiger partial charge < -0.3 is 15.4 Å². The standard InChI is InChI=1S/C20H25N3O4S3/c1-14(2)22-20(28)23-30(25,26)18-13-15(6-8-17(18)27-3)10-11-21-19(24)9-7-16-5-4-12-29-16/h4-9,12-14H,10-11H2,1-3H3,(H,21,24)(H2,22,23,28)/b9-7+. The van der Waals surface area contributed by atoms with Crippen molar-refractivity contribution in [3.8, 4) is 5.75 Å². The summed E-state index contributed by atoms with van der Waals surface area (Å²) in [5.41, 5.74) is 0.737. The lowest BCUT2D eigenvalue weighted by Gasteiger charge is -2.16. The van der Waals surface area contributed by atoms with Crippen molar-refractivity contribution in [3.05, 3.63) is 52.2 Å². The molecule has 30 heavy (non-hydrogen) atoms. The van der Waals surface area contributed by atoms with Crippen LogP contribution in [0.25, 0.3) is 6.08 Å². The zero-order chi connectivity index (χ0) is 22.1. The molecule has 0 aliphatic heterocycles. The fourth-order valence-electron chi connectivity index (χ4n) is 2.49. The zero-order valence-electron chi connectivity index (χ0n) is 17.0. The van der Waals surface area contributed by atoms with Gasteiger partial charge in [0.2, 0.25) is 5.91 Å². The predicted octanol–water partition coefficient (Wildman–Crippen LogP) is 2.69. The number of carbonyl (C=O) groups excluding carboxylic acids is 1. The second kappa shape index (κ2) is 11.1. The third-order valence-corrected chi connectivity index (χ3v) is 6.38. The van der Waals surface area contributed by atoms with Crippen molar-refractivity contribution in [1.82, 2.24) is 15.4 Å². The minimum Gasteiger partial charge on any atom is -0.495 e. The zero-order valence-corrected chi connectivity index (χ0v) is 19.4. The maximum Gasteiger partial charge on any atom is 0.267 e. The maximum atomic E-state index is 12.7. The smallest absolute Gasteiger partial charge is 0.267 e. The molecule has 0 aliphatic rings. The van der Waals surface area contributed by atoms with E-state index in [2.05, 4.69) is 15.4 Å². The fraction of sp³-hybridized carbons (Fsp3) is 0.300. The molecule has 0 saturated heterocycles. The largest absolute Gasteiger partial charge is 0.495 e. The van der Waals surface area contributed by atoms with Gasteiger partial charge in [0, 0.05) is 23.5 Å². The average Bonchev–Trinajstić information content (AvgIpc) is 3.19. The van der Waals surface area contributed by atoms with Crippen molar-refractivity contribution < 1.29 is 17.9 Å². The first-order chi connectivity index (χ1) is 14.2. The van der Waals surface area contributed by atoms with Crippen LogP contribution in [0.3, 0.4) is 0 Å². The fourth-order valence-corrected chi connectivity index (χ4v) is 4.81. The molecular formula is C20H25N3O4S3. The second-order valence-electron chi connectivity index (χ2n) is 6.61. The summed E-state index contributed by atoms with van der Waals surface area (Å²) in [4.78, 5) is 12.9. The number of ether oxygens (including phenoxy) is 1. The van der Waals surface area contributed by atoms with Gasteiger partial charge in [0.1, 0.15) is 10.6 Å². The number of methoxy groups -OCH3 is 1. The molecule has 0 saturated carbocycles. The van der Waals surface area contributed by atoms with Gasteiger partial charge in [-0.25, -0.2) is 8.42 Å². The van der Waals surface area contributed by atoms with Crippen molar-refractivity contribution in [2.75, 3.05) is 13.7 Å². The van der Waals surface area contributed by atoms with Gasteiger partial charge in [-0.05, 0) is 67.7 Å². The minimum absolute atomic E-state index is 0.00842. The van der Waals surface area contributed by atoms with Crippen molar-refractivity contribution in [3.63, 3.8) is 0 Å². The highest BCUT2D eigenvalue weighted by Gasteiger charge is 2.21. The van der Waals surface area contributed by atoms with Crippen LogP contribution in [-0.4, -0.2) is 39.1 Å². The second-order valence-corrected chi connectivity index (χ2v) is 9.65. The van der Waals surface area contributed by atoms with Crippen molar-refractivity contribution in [1.29, 1.82) is 0 Å². The highest BCUT2D eigenvalue weighted by molar-refractivity contribution is 7.92. The number of amides is 1. The first-order valence-corrected chi connectivity index (χ1v) is 12.0. The average molecular weight is 468 g/mol. The van der Waals surface area contributed by atoms with Gasteiger partial charge in [-0.3, -0.25) is 9.52 Å². The van der Waals surface area contributed by atoms with E-state index in [1.165, 1.54) is 19.3 Å². The van der Waals surface area contributed by atoms with Crippen LogP contribution in [-0.2, 0) is 21.2 Å². The van der Waals surface area contributed by atoms with Gasteiger partial charge in [0.25, 0.3) is 10.0 Å². The molecule has 0 spiro atoms. The Labute approximate surface area is 186 Å². The Morgan fingerprint density at radius 3 is 2.70 bits per heavy atom. The molecule has 2 aromatic rings. The number of thiocarbonyl (C=S) groups is 1. The van der Waals surface area contributed by atoms with Crippen LogP contribution in [0.5, 0.6) is 5.75 Å². The van der Waals surface area contributed by atoms with E-state index in [0.717, 1.165) is 10.4 Å². The van der Waals surface area contributed by atoms with E-state index in [1.807, 2.05) is 31.4 Å². The van der Waals surface area contributed by atoms with E-state index >= 15 is 0 Å². The molecule has 0 unspecified atom stereocenters. The lowest BCUT2D eigenvalue weighted by atomic mass is 10.1. The van der Waals surface area contributed by atoms with Crippen molar-refractivity contribution in [2.24, 2.45) is 0 Å². The van der Waals surface area contributed by atoms with Crippen LogP contribution in [0.4, 0.5) is 0 Å². The lowest BCUT2D eigenvalue weighted by molar-refractivity contribution is -0.116. The van der Waals surface area contributed by atoms with E-state index in [-0.39, 0.29) is 27.7 Å². The molecule has 1 amide bonds. The summed E-state index contributed by atoms with van der Waals surface area (Å²) in [5, 5.41) is 7.58. The van der Waals surface area contributed by atoms with E-state index < -0.39 is 10.0 Å². The Kier molecular flexibility index (Phi) is 8.82. The summed E-state index contributed by atoms with van der Waals surface area (Å²) < 4.78 is 33.0. The minimum atomic E-state index is -3.92. The summed E-state index contributed by atoms with van der Waals surface area (Å²) in [6, 6.07) is 8.69. The summed E-state index contributed by atoms with van der Waals surface area (Å²) in [6.07, 6.45) is 3.68. The van der Waals surface area contributed by atoms with Crippen LogP contribution in [0.1, 0.15) is 24.3 Å². The van der Waals surface area contributed by atoms with Gasteiger partial charge in [0.05, 0.1) is 7.11 Å². The predicted molar refractivity (Wildman–Crippen MR) is 124 cm³/mol. The third-order valence-electron chi connectivity index (χ3n) is 3.82. The molecule has 1 aromatic heterocycles. The molecule has 3 N–H and O–H groups in total. The Balaban J connectivity index is 2.02. The first kappa shape index (κ1) is 23.8. The summed E-state index contributed by atoms with van der Waals surface area (Å²) in [7, 11) is -2.52. The van der Waals surface area contributed by atoms with Crippen LogP contribution in [0.15, 0.2) is 46.7 Å². The highest BCUT2D eigenvalue weighted by atomic mass is 32.2. The molecule has 1 heterocycles. The van der Waals surface area contributed by atoms with Crippen LogP contribution < -0.4 is 20.1 Å². The summed E-state index contributed by atoms with van der Waals surface area (Å²) in [5.74, 6) is -0.00181. The number of hydrogen-bond donors (Lipinski definition) is 3. The van der Waals surface area contributed by atoms with Gasteiger partial charge in [0.15, 0.2) is 5.11 Å². The molecule has 0 fully saturated rings. The van der Waals surface area contributed by atoms with Gasteiger partial charge in [-0.2, -0.15) is 0 Å². The van der Waals surface area contributed by atoms with Gasteiger partial charge in [-0.15, -0.1) is 11.3 Å². The molecular weight excluding hydrogens is 442 g/mol. The SMILES string of the molecule is COc1ccc(CCNC(=O)/C=C/c2cccs2)cc1S(=O)(=O)NC(=S)NC(C)C. The van der Waals surface area contributed by atoms with Crippen molar-refractivity contribution >= 4 is 50.7 Å². The Hall–Kier alpha value is -2.43. The van der Waals surface area contributed by atoms with Crippen LogP contribution in [0, 0.1) is 0 Å². The molecule has 0 bridgehead atoms. The van der Waals surface area contributed by atoms with E-state index in [1.54, 1.807) is 29.5 Å². The quantitative estimate of drug-likeness (QED) is 0.388. The molecule has 10 heteroatoms. The maximum absolute atomic E-state index is 12.7.